The summed E-state index contributed by atoms with van der Waals surface area (Å²) in [6.45, 7) is 2.33. The molecule has 0 saturated heterocycles. The summed E-state index contributed by atoms with van der Waals surface area (Å²) in [5.41, 5.74) is 6.28. The molecule has 1 aromatic carbocycles. The van der Waals surface area contributed by atoms with Crippen LogP contribution in [0.1, 0.15) is 71.5 Å². The van der Waals surface area contributed by atoms with Crippen LogP contribution in [0.25, 0.3) is 0 Å². The molecule has 2 amide bonds. The number of pyridine rings is 2. The van der Waals surface area contributed by atoms with Crippen LogP contribution in [-0.2, 0) is 24.2 Å². The second-order valence-corrected chi connectivity index (χ2v) is 9.97. The highest BCUT2D eigenvalue weighted by Gasteiger charge is 2.35. The third-order valence-electron chi connectivity index (χ3n) is 7.28. The van der Waals surface area contributed by atoms with Gasteiger partial charge in [0.25, 0.3) is 0 Å². The van der Waals surface area contributed by atoms with Crippen molar-refractivity contribution in [1.82, 2.24) is 9.97 Å². The SMILES string of the molecule is Cc1cc2c(cc1N1Cc3c(cc(CCC(=O)O)nc3C3CC3)NC1=O)OC(c1ncccc1F)CC2. The minimum Gasteiger partial charge on any atom is -0.484 e. The van der Waals surface area contributed by atoms with E-state index in [-0.39, 0.29) is 12.5 Å². The van der Waals surface area contributed by atoms with Gasteiger partial charge >= 0.3 is 12.0 Å². The number of carboxylic acid groups (broad SMARTS) is 1. The maximum Gasteiger partial charge on any atom is 0.326 e. The van der Waals surface area contributed by atoms with Crippen molar-refractivity contribution >= 4 is 23.4 Å². The predicted octanol–water partition coefficient (Wildman–Crippen LogP) is 5.44. The number of aryl methyl sites for hydroxylation is 3. The van der Waals surface area contributed by atoms with Gasteiger partial charge in [0.15, 0.2) is 0 Å². The molecule has 0 spiro atoms. The first-order valence-electron chi connectivity index (χ1n) is 12.6. The third-order valence-corrected chi connectivity index (χ3v) is 7.28. The Kier molecular flexibility index (Phi) is 5.78. The number of carboxylic acids is 1. The van der Waals surface area contributed by atoms with Gasteiger partial charge in [-0.1, -0.05) is 6.07 Å². The number of urea groups is 1. The zero-order valence-corrected chi connectivity index (χ0v) is 20.5. The van der Waals surface area contributed by atoms with Gasteiger partial charge in [-0.3, -0.25) is 19.7 Å². The maximum atomic E-state index is 14.4. The fourth-order valence-corrected chi connectivity index (χ4v) is 5.25. The lowest BCUT2D eigenvalue weighted by Crippen LogP contribution is -2.40. The molecule has 1 saturated carbocycles. The van der Waals surface area contributed by atoms with Gasteiger partial charge in [-0.05, 0) is 61.9 Å². The average molecular weight is 503 g/mol. The zero-order chi connectivity index (χ0) is 25.7. The lowest BCUT2D eigenvalue weighted by atomic mass is 9.96. The van der Waals surface area contributed by atoms with Crippen molar-refractivity contribution in [3.05, 3.63) is 76.1 Å². The minimum atomic E-state index is -0.874. The first-order valence-corrected chi connectivity index (χ1v) is 12.6. The molecule has 37 heavy (non-hydrogen) atoms. The van der Waals surface area contributed by atoms with E-state index in [0.29, 0.717) is 48.1 Å². The Hall–Kier alpha value is -4.01. The summed E-state index contributed by atoms with van der Waals surface area (Å²) in [6, 6.07) is 8.38. The van der Waals surface area contributed by atoms with Gasteiger partial charge in [0, 0.05) is 35.9 Å². The Morgan fingerprint density at radius 3 is 2.84 bits per heavy atom. The summed E-state index contributed by atoms with van der Waals surface area (Å²) < 4.78 is 20.6. The van der Waals surface area contributed by atoms with Crippen molar-refractivity contribution in [3.63, 3.8) is 0 Å². The molecule has 190 valence electrons. The summed E-state index contributed by atoms with van der Waals surface area (Å²) >= 11 is 0. The predicted molar refractivity (Wildman–Crippen MR) is 134 cm³/mol. The molecular formula is C28H27FN4O4. The summed E-state index contributed by atoms with van der Waals surface area (Å²) in [6.07, 6.45) is 4.80. The van der Waals surface area contributed by atoms with Crippen LogP contribution in [-0.4, -0.2) is 27.1 Å². The molecule has 2 N–H and O–H groups in total. The van der Waals surface area contributed by atoms with Gasteiger partial charge in [-0.15, -0.1) is 0 Å². The zero-order valence-electron chi connectivity index (χ0n) is 20.5. The van der Waals surface area contributed by atoms with Crippen LogP contribution in [0.15, 0.2) is 36.5 Å². The fraction of sp³-hybridized carbons (Fsp3) is 0.357. The molecule has 6 rings (SSSR count). The van der Waals surface area contributed by atoms with Crippen molar-refractivity contribution in [2.45, 2.75) is 64.0 Å². The van der Waals surface area contributed by atoms with Gasteiger partial charge in [0.1, 0.15) is 23.4 Å². The Balaban J connectivity index is 1.32. The van der Waals surface area contributed by atoms with Crippen LogP contribution in [0, 0.1) is 12.7 Å². The fourth-order valence-electron chi connectivity index (χ4n) is 5.25. The quantitative estimate of drug-likeness (QED) is 0.465. The molecule has 2 aliphatic heterocycles. The number of nitrogens with zero attached hydrogens (tertiary/aromatic N) is 3. The van der Waals surface area contributed by atoms with E-state index in [0.717, 1.165) is 47.3 Å². The van der Waals surface area contributed by atoms with Gasteiger partial charge in [-0.25, -0.2) is 9.18 Å². The number of ether oxygens (including phenoxy) is 1. The van der Waals surface area contributed by atoms with Crippen molar-refractivity contribution in [3.8, 4) is 5.75 Å². The number of rotatable bonds is 6. The smallest absolute Gasteiger partial charge is 0.326 e. The highest BCUT2D eigenvalue weighted by molar-refractivity contribution is 6.05. The molecule has 1 aliphatic carbocycles. The molecule has 2 aromatic heterocycles. The summed E-state index contributed by atoms with van der Waals surface area (Å²) in [5.74, 6) is -0.304. The molecular weight excluding hydrogens is 475 g/mol. The van der Waals surface area contributed by atoms with Crippen LogP contribution in [0.4, 0.5) is 20.6 Å². The van der Waals surface area contributed by atoms with E-state index in [9.17, 15) is 14.0 Å². The number of hydrogen-bond acceptors (Lipinski definition) is 5. The Labute approximate surface area is 213 Å². The van der Waals surface area contributed by atoms with E-state index in [1.807, 2.05) is 19.1 Å². The first-order chi connectivity index (χ1) is 17.9. The molecule has 9 heteroatoms. The first kappa shape index (κ1) is 23.4. The van der Waals surface area contributed by atoms with Crippen molar-refractivity contribution in [2.24, 2.45) is 0 Å². The second-order valence-electron chi connectivity index (χ2n) is 9.97. The number of aliphatic carboxylic acids is 1. The number of benzene rings is 1. The van der Waals surface area contributed by atoms with E-state index in [1.54, 1.807) is 23.2 Å². The number of halogens is 1. The summed E-state index contributed by atoms with van der Waals surface area (Å²) in [4.78, 5) is 35.0. The molecule has 1 atom stereocenters. The highest BCUT2D eigenvalue weighted by Crippen LogP contribution is 2.45. The van der Waals surface area contributed by atoms with Gasteiger partial charge in [0.05, 0.1) is 30.0 Å². The van der Waals surface area contributed by atoms with Crippen LogP contribution < -0.4 is 15.0 Å². The molecule has 0 bridgehead atoms. The van der Waals surface area contributed by atoms with E-state index in [2.05, 4.69) is 10.3 Å². The summed E-state index contributed by atoms with van der Waals surface area (Å²) in [7, 11) is 0. The molecule has 8 nitrogen and oxygen atoms in total. The number of carbonyl (C=O) groups excluding carboxylic acids is 1. The molecule has 0 radical (unpaired) electrons. The topological polar surface area (TPSA) is 105 Å². The maximum absolute atomic E-state index is 14.4. The number of fused-ring (bicyclic) bond motifs is 2. The van der Waals surface area contributed by atoms with E-state index >= 15 is 0 Å². The molecule has 3 aliphatic rings. The second kappa shape index (κ2) is 9.14. The normalized spacial score (nSPS) is 18.5. The Morgan fingerprint density at radius 1 is 1.24 bits per heavy atom. The monoisotopic (exact) mass is 502 g/mol. The number of hydrogen-bond donors (Lipinski definition) is 2. The summed E-state index contributed by atoms with van der Waals surface area (Å²) in [5, 5.41) is 12.1. The van der Waals surface area contributed by atoms with Crippen LogP contribution in [0.2, 0.25) is 0 Å². The molecule has 4 heterocycles. The molecule has 3 aromatic rings. The van der Waals surface area contributed by atoms with Crippen molar-refractivity contribution < 1.29 is 23.8 Å². The van der Waals surface area contributed by atoms with E-state index < -0.39 is 17.9 Å². The standard InChI is InChI=1S/C28H27FN4O4/c1-15-11-17-6-8-23(27-20(29)3-2-10-30-27)37-24(17)13-22(15)33-14-19-21(32-28(33)36)12-18(7-9-25(34)35)31-26(19)16-4-5-16/h2-3,10-13,16,23H,4-9,14H2,1H3,(H,32,36)(H,34,35). The lowest BCUT2D eigenvalue weighted by molar-refractivity contribution is -0.136. The lowest BCUT2D eigenvalue weighted by Gasteiger charge is -2.33. The minimum absolute atomic E-state index is 0.00627. The van der Waals surface area contributed by atoms with Gasteiger partial charge in [-0.2, -0.15) is 0 Å². The number of nitrogens with one attached hydrogen (secondary N) is 1. The number of aromatic nitrogens is 2. The van der Waals surface area contributed by atoms with Gasteiger partial charge in [0.2, 0.25) is 0 Å². The third kappa shape index (κ3) is 4.50. The van der Waals surface area contributed by atoms with Crippen LogP contribution in [0.3, 0.4) is 0 Å². The van der Waals surface area contributed by atoms with Gasteiger partial charge < -0.3 is 15.2 Å². The number of amides is 2. The Bertz CT molecular complexity index is 1420. The average Bonchev–Trinajstić information content (AvgIpc) is 3.72. The van der Waals surface area contributed by atoms with Crippen molar-refractivity contribution in [1.29, 1.82) is 0 Å². The van der Waals surface area contributed by atoms with E-state index in [1.165, 1.54) is 6.07 Å². The molecule has 1 unspecified atom stereocenters. The molecule has 1 fully saturated rings. The van der Waals surface area contributed by atoms with E-state index in [4.69, 9.17) is 14.8 Å². The largest absolute Gasteiger partial charge is 0.484 e. The van der Waals surface area contributed by atoms with Crippen LogP contribution >= 0.6 is 0 Å². The number of anilines is 2. The Morgan fingerprint density at radius 2 is 2.08 bits per heavy atom. The number of carbonyl (C=O) groups is 2. The highest BCUT2D eigenvalue weighted by atomic mass is 19.1. The van der Waals surface area contributed by atoms with Crippen molar-refractivity contribution in [2.75, 3.05) is 10.2 Å². The van der Waals surface area contributed by atoms with Crippen LogP contribution in [0.5, 0.6) is 5.75 Å².